The largest absolute Gasteiger partial charge is 0.347 e. The highest BCUT2D eigenvalue weighted by Crippen LogP contribution is 2.19. The van der Waals surface area contributed by atoms with Gasteiger partial charge in [-0.25, -0.2) is 0 Å². The molecule has 6 heteroatoms. The predicted molar refractivity (Wildman–Crippen MR) is 101 cm³/mol. The number of carbonyl (C=O) groups excluding carboxylic acids is 1. The number of halogens is 1. The number of carbonyl (C=O) groups is 1. The van der Waals surface area contributed by atoms with Crippen LogP contribution in [-0.2, 0) is 17.8 Å². The van der Waals surface area contributed by atoms with Crippen molar-refractivity contribution in [1.82, 2.24) is 15.5 Å². The van der Waals surface area contributed by atoms with Gasteiger partial charge < -0.3 is 9.84 Å². The first-order valence-electron chi connectivity index (χ1n) is 8.42. The Morgan fingerprint density at radius 2 is 2.00 bits per heavy atom. The van der Waals surface area contributed by atoms with Crippen molar-refractivity contribution in [2.75, 3.05) is 0 Å². The van der Waals surface area contributed by atoms with Crippen molar-refractivity contribution in [2.24, 2.45) is 0 Å². The van der Waals surface area contributed by atoms with Crippen LogP contribution in [0.2, 0.25) is 5.02 Å². The SMILES string of the molecule is Cc1ccc(CCC(=O)NCc2nc(-c3cccc(Cl)c3)no2)cc1C. The zero-order valence-electron chi connectivity index (χ0n) is 14.8. The average Bonchev–Trinajstić information content (AvgIpc) is 3.10. The molecule has 26 heavy (non-hydrogen) atoms. The monoisotopic (exact) mass is 369 g/mol. The smallest absolute Gasteiger partial charge is 0.246 e. The molecule has 0 radical (unpaired) electrons. The summed E-state index contributed by atoms with van der Waals surface area (Å²) in [5, 5.41) is 7.34. The van der Waals surface area contributed by atoms with Gasteiger partial charge in [0.1, 0.15) is 0 Å². The molecule has 0 atom stereocenters. The summed E-state index contributed by atoms with van der Waals surface area (Å²) in [6, 6.07) is 13.5. The molecule has 0 bridgehead atoms. The molecule has 0 fully saturated rings. The molecule has 3 rings (SSSR count). The number of nitrogens with zero attached hydrogens (tertiary/aromatic N) is 2. The second-order valence-corrected chi connectivity index (χ2v) is 6.65. The molecule has 134 valence electrons. The Morgan fingerprint density at radius 1 is 1.15 bits per heavy atom. The molecule has 1 N–H and O–H groups in total. The van der Waals surface area contributed by atoms with Gasteiger partial charge in [0.25, 0.3) is 0 Å². The Labute approximate surface area is 157 Å². The van der Waals surface area contributed by atoms with E-state index >= 15 is 0 Å². The molecule has 2 aromatic carbocycles. The van der Waals surface area contributed by atoms with Crippen LogP contribution in [0.1, 0.15) is 29.0 Å². The Bertz CT molecular complexity index is 921. The third-order valence-electron chi connectivity index (χ3n) is 4.20. The van der Waals surface area contributed by atoms with Crippen LogP contribution in [0.15, 0.2) is 47.0 Å². The third kappa shape index (κ3) is 4.70. The summed E-state index contributed by atoms with van der Waals surface area (Å²) in [6.07, 6.45) is 1.11. The van der Waals surface area contributed by atoms with Gasteiger partial charge in [-0.15, -0.1) is 0 Å². The third-order valence-corrected chi connectivity index (χ3v) is 4.43. The molecule has 3 aromatic rings. The van der Waals surface area contributed by atoms with Crippen molar-refractivity contribution in [2.45, 2.75) is 33.2 Å². The molecule has 0 unspecified atom stereocenters. The topological polar surface area (TPSA) is 68.0 Å². The zero-order chi connectivity index (χ0) is 18.5. The maximum atomic E-state index is 12.0. The molecule has 0 aliphatic heterocycles. The van der Waals surface area contributed by atoms with Crippen LogP contribution in [0.25, 0.3) is 11.4 Å². The lowest BCUT2D eigenvalue weighted by atomic mass is 10.0. The molecule has 0 saturated carbocycles. The molecule has 1 aromatic heterocycles. The van der Waals surface area contributed by atoms with E-state index in [1.807, 2.05) is 12.1 Å². The van der Waals surface area contributed by atoms with E-state index in [4.69, 9.17) is 16.1 Å². The molecule has 1 heterocycles. The van der Waals surface area contributed by atoms with E-state index < -0.39 is 0 Å². The summed E-state index contributed by atoms with van der Waals surface area (Å²) in [5.41, 5.74) is 4.42. The highest BCUT2D eigenvalue weighted by Gasteiger charge is 2.10. The first-order valence-corrected chi connectivity index (χ1v) is 8.80. The lowest BCUT2D eigenvalue weighted by molar-refractivity contribution is -0.121. The Balaban J connectivity index is 1.51. The van der Waals surface area contributed by atoms with Gasteiger partial charge in [0.05, 0.1) is 6.54 Å². The van der Waals surface area contributed by atoms with E-state index in [0.717, 1.165) is 11.1 Å². The number of hydrogen-bond acceptors (Lipinski definition) is 4. The van der Waals surface area contributed by atoms with Crippen LogP contribution in [-0.4, -0.2) is 16.0 Å². The minimum Gasteiger partial charge on any atom is -0.347 e. The van der Waals surface area contributed by atoms with E-state index in [2.05, 4.69) is 47.5 Å². The zero-order valence-corrected chi connectivity index (χ0v) is 15.5. The van der Waals surface area contributed by atoms with E-state index in [1.165, 1.54) is 11.1 Å². The lowest BCUT2D eigenvalue weighted by Gasteiger charge is -2.05. The van der Waals surface area contributed by atoms with Gasteiger partial charge in [-0.3, -0.25) is 4.79 Å². The first-order chi connectivity index (χ1) is 12.5. The number of hydrogen-bond donors (Lipinski definition) is 1. The van der Waals surface area contributed by atoms with Crippen LogP contribution in [0.5, 0.6) is 0 Å². The normalized spacial score (nSPS) is 10.7. The molecule has 0 aliphatic carbocycles. The number of nitrogens with one attached hydrogen (secondary N) is 1. The summed E-state index contributed by atoms with van der Waals surface area (Å²) in [6.45, 7) is 4.36. The highest BCUT2D eigenvalue weighted by atomic mass is 35.5. The van der Waals surface area contributed by atoms with Crippen molar-refractivity contribution >= 4 is 17.5 Å². The van der Waals surface area contributed by atoms with Gasteiger partial charge in [-0.2, -0.15) is 4.98 Å². The molecular weight excluding hydrogens is 350 g/mol. The Kier molecular flexibility index (Phi) is 5.68. The minimum atomic E-state index is -0.0502. The van der Waals surface area contributed by atoms with Gasteiger partial charge in [0.15, 0.2) is 0 Å². The molecule has 0 saturated heterocycles. The fraction of sp³-hybridized carbons (Fsp3) is 0.250. The summed E-state index contributed by atoms with van der Waals surface area (Å²) in [7, 11) is 0. The number of aryl methyl sites for hydroxylation is 3. The summed E-state index contributed by atoms with van der Waals surface area (Å²) in [4.78, 5) is 16.3. The second kappa shape index (κ2) is 8.15. The van der Waals surface area contributed by atoms with Crippen LogP contribution < -0.4 is 5.32 Å². The van der Waals surface area contributed by atoms with Gasteiger partial charge in [0.2, 0.25) is 17.6 Å². The van der Waals surface area contributed by atoms with E-state index in [-0.39, 0.29) is 12.5 Å². The van der Waals surface area contributed by atoms with E-state index in [0.29, 0.717) is 29.6 Å². The Hall–Kier alpha value is -2.66. The first kappa shape index (κ1) is 18.1. The van der Waals surface area contributed by atoms with Crippen molar-refractivity contribution in [3.63, 3.8) is 0 Å². The number of benzene rings is 2. The lowest BCUT2D eigenvalue weighted by Crippen LogP contribution is -2.23. The maximum Gasteiger partial charge on any atom is 0.246 e. The van der Waals surface area contributed by atoms with Crippen LogP contribution >= 0.6 is 11.6 Å². The number of aromatic nitrogens is 2. The molecular formula is C20H20ClN3O2. The van der Waals surface area contributed by atoms with E-state index in [9.17, 15) is 4.79 Å². The average molecular weight is 370 g/mol. The number of rotatable bonds is 6. The van der Waals surface area contributed by atoms with Gasteiger partial charge >= 0.3 is 0 Å². The van der Waals surface area contributed by atoms with Crippen molar-refractivity contribution < 1.29 is 9.32 Å². The molecule has 0 aliphatic rings. The summed E-state index contributed by atoms with van der Waals surface area (Å²) < 4.78 is 5.18. The second-order valence-electron chi connectivity index (χ2n) is 6.22. The Morgan fingerprint density at radius 3 is 2.77 bits per heavy atom. The van der Waals surface area contributed by atoms with Crippen molar-refractivity contribution in [3.05, 3.63) is 70.1 Å². The highest BCUT2D eigenvalue weighted by molar-refractivity contribution is 6.30. The summed E-state index contributed by atoms with van der Waals surface area (Å²) in [5.74, 6) is 0.761. The van der Waals surface area contributed by atoms with Crippen molar-refractivity contribution in [1.29, 1.82) is 0 Å². The predicted octanol–water partition coefficient (Wildman–Crippen LogP) is 4.26. The maximum absolute atomic E-state index is 12.0. The standard InChI is InChI=1S/C20H20ClN3O2/c1-13-6-7-15(10-14(13)2)8-9-18(25)22-12-19-23-20(24-26-19)16-4-3-5-17(21)11-16/h3-7,10-11H,8-9,12H2,1-2H3,(H,22,25). The number of amides is 1. The van der Waals surface area contributed by atoms with Crippen LogP contribution in [0.4, 0.5) is 0 Å². The molecule has 0 spiro atoms. The van der Waals surface area contributed by atoms with Gasteiger partial charge in [0, 0.05) is 17.0 Å². The van der Waals surface area contributed by atoms with Crippen LogP contribution in [0, 0.1) is 13.8 Å². The molecule has 5 nitrogen and oxygen atoms in total. The fourth-order valence-corrected chi connectivity index (χ4v) is 2.74. The van der Waals surface area contributed by atoms with Gasteiger partial charge in [-0.1, -0.05) is 47.1 Å². The quantitative estimate of drug-likeness (QED) is 0.705. The summed E-state index contributed by atoms with van der Waals surface area (Å²) >= 11 is 5.96. The fourth-order valence-electron chi connectivity index (χ4n) is 2.55. The minimum absolute atomic E-state index is 0.0502. The van der Waals surface area contributed by atoms with Crippen LogP contribution in [0.3, 0.4) is 0 Å². The van der Waals surface area contributed by atoms with E-state index in [1.54, 1.807) is 12.1 Å². The van der Waals surface area contributed by atoms with Crippen molar-refractivity contribution in [3.8, 4) is 11.4 Å². The molecule has 1 amide bonds. The van der Waals surface area contributed by atoms with Gasteiger partial charge in [-0.05, 0) is 49.1 Å².